The van der Waals surface area contributed by atoms with E-state index < -0.39 is 39.1 Å². The maximum atomic E-state index is 12.7. The number of nitrogens with zero attached hydrogens (tertiary/aromatic N) is 2. The van der Waals surface area contributed by atoms with Crippen LogP contribution >= 0.6 is 34.3 Å². The predicted molar refractivity (Wildman–Crippen MR) is 145 cm³/mol. The van der Waals surface area contributed by atoms with Gasteiger partial charge in [0, 0.05) is 16.4 Å². The van der Waals surface area contributed by atoms with Crippen LogP contribution in [0.1, 0.15) is 47.5 Å². The Labute approximate surface area is 227 Å². The number of benzene rings is 1. The number of carbonyl (C=O) groups is 3. The second kappa shape index (κ2) is 11.5. The molecule has 0 bridgehead atoms. The molecule has 4 rings (SSSR count). The number of thiazole rings is 1. The number of fused-ring (bicyclic) bond motifs is 2. The minimum Gasteiger partial charge on any atom is -0.462 e. The Morgan fingerprint density at radius 3 is 2.62 bits per heavy atom. The third kappa shape index (κ3) is 6.31. The summed E-state index contributed by atoms with van der Waals surface area (Å²) in [5, 5.41) is 3.40. The van der Waals surface area contributed by atoms with E-state index in [0.29, 0.717) is 28.4 Å². The zero-order chi connectivity index (χ0) is 26.7. The summed E-state index contributed by atoms with van der Waals surface area (Å²) in [7, 11) is -4.11. The van der Waals surface area contributed by atoms with E-state index in [1.54, 1.807) is 23.6 Å². The number of hydrogen-bond donors (Lipinski definition) is 1. The van der Waals surface area contributed by atoms with Crippen LogP contribution in [-0.4, -0.2) is 48.9 Å². The molecule has 0 atom stereocenters. The van der Waals surface area contributed by atoms with Crippen molar-refractivity contribution in [2.24, 2.45) is 4.99 Å². The Morgan fingerprint density at radius 2 is 1.89 bits per heavy atom. The number of aromatic nitrogens is 1. The molecule has 13 heteroatoms. The molecule has 0 fully saturated rings. The highest BCUT2D eigenvalue weighted by atomic mass is 35.5. The van der Waals surface area contributed by atoms with Crippen LogP contribution in [0.5, 0.6) is 0 Å². The number of carbonyl (C=O) groups excluding carboxylic acids is 3. The highest BCUT2D eigenvalue weighted by Crippen LogP contribution is 2.38. The van der Waals surface area contributed by atoms with Crippen molar-refractivity contribution in [1.82, 2.24) is 4.57 Å². The second-order valence-electron chi connectivity index (χ2n) is 8.46. The lowest BCUT2D eigenvalue weighted by Crippen LogP contribution is -2.28. The van der Waals surface area contributed by atoms with Crippen molar-refractivity contribution in [2.75, 3.05) is 23.4 Å². The third-order valence-corrected chi connectivity index (χ3v) is 9.65. The summed E-state index contributed by atoms with van der Waals surface area (Å²) < 4.78 is 33.1. The molecule has 0 unspecified atom stereocenters. The molecular weight excluding hydrogens is 558 g/mol. The highest BCUT2D eigenvalue weighted by molar-refractivity contribution is 7.92. The molecule has 1 N–H and O–H groups in total. The van der Waals surface area contributed by atoms with Gasteiger partial charge in [-0.15, -0.1) is 11.3 Å². The van der Waals surface area contributed by atoms with Crippen LogP contribution in [-0.2, 0) is 43.5 Å². The number of esters is 1. The van der Waals surface area contributed by atoms with Crippen molar-refractivity contribution in [2.45, 2.75) is 46.1 Å². The first-order valence-electron chi connectivity index (χ1n) is 11.8. The summed E-state index contributed by atoms with van der Waals surface area (Å²) in [6.07, 6.45) is 3.40. The Balaban J connectivity index is 1.50. The molecule has 2 heterocycles. The van der Waals surface area contributed by atoms with Crippen molar-refractivity contribution in [3.05, 3.63) is 44.0 Å². The van der Waals surface area contributed by atoms with Crippen LogP contribution in [0.3, 0.4) is 0 Å². The number of rotatable bonds is 8. The average Bonchev–Trinajstić information content (AvgIpc) is 3.34. The van der Waals surface area contributed by atoms with E-state index in [4.69, 9.17) is 16.3 Å². The monoisotopic (exact) mass is 583 g/mol. The van der Waals surface area contributed by atoms with E-state index in [9.17, 15) is 22.8 Å². The number of aryl methyl sites for hydroxylation is 2. The minimum atomic E-state index is -4.11. The molecule has 37 heavy (non-hydrogen) atoms. The lowest BCUT2D eigenvalue weighted by Gasteiger charge is -2.12. The van der Waals surface area contributed by atoms with Crippen LogP contribution in [0.15, 0.2) is 23.2 Å². The molecule has 9 nitrogen and oxygen atoms in total. The Bertz CT molecular complexity index is 1550. The fourth-order valence-corrected chi connectivity index (χ4v) is 7.95. The molecule has 2 aromatic heterocycles. The largest absolute Gasteiger partial charge is 0.462 e. The van der Waals surface area contributed by atoms with E-state index >= 15 is 0 Å². The van der Waals surface area contributed by atoms with Crippen molar-refractivity contribution in [3.63, 3.8) is 0 Å². The molecule has 0 saturated carbocycles. The molecule has 0 saturated heterocycles. The average molecular weight is 584 g/mol. The second-order valence-corrected chi connectivity index (χ2v) is 13.1. The zero-order valence-electron chi connectivity index (χ0n) is 20.3. The first-order valence-corrected chi connectivity index (χ1v) is 15.6. The Kier molecular flexibility index (Phi) is 8.52. The van der Waals surface area contributed by atoms with Crippen LogP contribution in [0.2, 0.25) is 5.02 Å². The Morgan fingerprint density at radius 1 is 1.14 bits per heavy atom. The third-order valence-electron chi connectivity index (χ3n) is 5.78. The van der Waals surface area contributed by atoms with Gasteiger partial charge in [-0.1, -0.05) is 22.9 Å². The molecule has 0 aliphatic heterocycles. The van der Waals surface area contributed by atoms with E-state index in [-0.39, 0.29) is 11.6 Å². The van der Waals surface area contributed by atoms with Crippen LogP contribution < -0.4 is 10.1 Å². The summed E-state index contributed by atoms with van der Waals surface area (Å²) in [6, 6.07) is 5.30. The van der Waals surface area contributed by atoms with Crippen molar-refractivity contribution >= 4 is 77.1 Å². The first-order chi connectivity index (χ1) is 17.6. The van der Waals surface area contributed by atoms with Gasteiger partial charge >= 0.3 is 5.97 Å². The number of halogens is 1. The normalized spacial score (nSPS) is 14.0. The van der Waals surface area contributed by atoms with Gasteiger partial charge < -0.3 is 14.6 Å². The zero-order valence-corrected chi connectivity index (χ0v) is 23.5. The van der Waals surface area contributed by atoms with Crippen molar-refractivity contribution < 1.29 is 27.5 Å². The lowest BCUT2D eigenvalue weighted by atomic mass is 9.95. The molecule has 0 radical (unpaired) electrons. The number of sulfone groups is 1. The molecule has 0 spiro atoms. The summed E-state index contributed by atoms with van der Waals surface area (Å²) in [5.74, 6) is -4.05. The van der Waals surface area contributed by atoms with Gasteiger partial charge in [0.05, 0.1) is 22.4 Å². The number of anilines is 1. The summed E-state index contributed by atoms with van der Waals surface area (Å²) in [5.41, 5.74) is 1.99. The highest BCUT2D eigenvalue weighted by Gasteiger charge is 2.28. The summed E-state index contributed by atoms with van der Waals surface area (Å²) in [6.45, 7) is 4.29. The molecular formula is C24H26ClN3O6S3. The summed E-state index contributed by atoms with van der Waals surface area (Å²) in [4.78, 5) is 43.2. The molecule has 198 valence electrons. The number of ether oxygens (including phenoxy) is 1. The van der Waals surface area contributed by atoms with Crippen LogP contribution in [0, 0.1) is 0 Å². The summed E-state index contributed by atoms with van der Waals surface area (Å²) >= 11 is 8.55. The van der Waals surface area contributed by atoms with Crippen molar-refractivity contribution in [1.29, 1.82) is 0 Å². The fraction of sp³-hybridized carbons (Fsp3) is 0.417. The minimum absolute atomic E-state index is 0.182. The van der Waals surface area contributed by atoms with E-state index in [0.717, 1.165) is 39.9 Å². The quantitative estimate of drug-likeness (QED) is 0.400. The van der Waals surface area contributed by atoms with Gasteiger partial charge in [-0.05, 0) is 63.3 Å². The van der Waals surface area contributed by atoms with Gasteiger partial charge in [0.1, 0.15) is 16.5 Å². The first kappa shape index (κ1) is 27.5. The molecule has 1 aliphatic carbocycles. The van der Waals surface area contributed by atoms with Gasteiger partial charge in [-0.25, -0.2) is 13.2 Å². The molecule has 1 aromatic carbocycles. The van der Waals surface area contributed by atoms with Gasteiger partial charge in [-0.3, -0.25) is 9.59 Å². The number of thiophene rings is 1. The van der Waals surface area contributed by atoms with E-state index in [1.807, 2.05) is 13.0 Å². The Hall–Kier alpha value is -2.54. The molecule has 2 amide bonds. The van der Waals surface area contributed by atoms with Crippen molar-refractivity contribution in [3.8, 4) is 0 Å². The SMILES string of the molecule is CCOC(=O)c1c(NC(=O)CS(=O)(=O)CC(=O)N=c2sc3cc(Cl)ccc3n2CC)sc2c1CCCC2. The fourth-order valence-electron chi connectivity index (χ4n) is 4.25. The van der Waals surface area contributed by atoms with Gasteiger partial charge in [0.2, 0.25) is 5.91 Å². The van der Waals surface area contributed by atoms with E-state index in [2.05, 4.69) is 10.3 Å². The lowest BCUT2D eigenvalue weighted by molar-refractivity contribution is -0.115. The standard InChI is InChI=1S/C24H26ClN3O6S3/c1-3-28-16-10-9-14(25)11-18(16)36-24(28)27-20(30)13-37(32,33)12-19(29)26-22-21(23(31)34-4-2)15-7-5-6-8-17(15)35-22/h9-11H,3-8,12-13H2,1-2H3,(H,26,29). The van der Waals surface area contributed by atoms with Gasteiger partial charge in [0.15, 0.2) is 14.6 Å². The number of amides is 2. The maximum Gasteiger partial charge on any atom is 0.341 e. The number of nitrogens with one attached hydrogen (secondary N) is 1. The predicted octanol–water partition coefficient (Wildman–Crippen LogP) is 3.97. The van der Waals surface area contributed by atoms with Crippen LogP contribution in [0.4, 0.5) is 5.00 Å². The number of hydrogen-bond acceptors (Lipinski definition) is 8. The maximum absolute atomic E-state index is 12.7. The molecule has 1 aliphatic rings. The smallest absolute Gasteiger partial charge is 0.341 e. The molecule has 3 aromatic rings. The van der Waals surface area contributed by atoms with Gasteiger partial charge in [0.25, 0.3) is 5.91 Å². The van der Waals surface area contributed by atoms with Crippen LogP contribution in [0.25, 0.3) is 10.2 Å². The topological polar surface area (TPSA) is 124 Å². The van der Waals surface area contributed by atoms with Gasteiger partial charge in [-0.2, -0.15) is 4.99 Å². The van der Waals surface area contributed by atoms with E-state index in [1.165, 1.54) is 22.7 Å².